The number of rotatable bonds is 3. The van der Waals surface area contributed by atoms with Gasteiger partial charge in [0.15, 0.2) is 0 Å². The van der Waals surface area contributed by atoms with E-state index in [2.05, 4.69) is 29.2 Å². The summed E-state index contributed by atoms with van der Waals surface area (Å²) in [6, 6.07) is 16.2. The zero-order chi connectivity index (χ0) is 14.7. The van der Waals surface area contributed by atoms with Crippen molar-refractivity contribution in [2.24, 2.45) is 0 Å². The molecule has 0 fully saturated rings. The number of nitrogens with zero attached hydrogens (tertiary/aromatic N) is 1. The fourth-order valence-corrected chi connectivity index (χ4v) is 2.98. The molecule has 0 saturated carbocycles. The average molecular weight is 281 g/mol. The lowest BCUT2D eigenvalue weighted by Crippen LogP contribution is -2.31. The summed E-state index contributed by atoms with van der Waals surface area (Å²) in [7, 11) is -1.39. The Hall–Kier alpha value is -1.62. The highest BCUT2D eigenvalue weighted by Gasteiger charge is 2.15. The molecule has 21 heavy (non-hydrogen) atoms. The molecule has 2 aromatic rings. The first-order valence-electron chi connectivity index (χ1n) is 7.46. The Morgan fingerprint density at radius 3 is 2.19 bits per heavy atom. The molecule has 2 N–H and O–H groups in total. The van der Waals surface area contributed by atoms with Crippen LogP contribution in [0.2, 0.25) is 0 Å². The first-order chi connectivity index (χ1) is 10.2. The van der Waals surface area contributed by atoms with Crippen LogP contribution in [0.5, 0.6) is 0 Å². The predicted molar refractivity (Wildman–Crippen MR) is 85.4 cm³/mol. The standard InChI is InChI=1S/C17H20BNO2/c20-18(21)17-7-3-4-14(12-17)13-19-10-8-15-5-1-2-6-16(15)9-11-19/h1-7,12,20-21H,8-11,13H2. The molecule has 3 rings (SSSR count). The first-order valence-corrected chi connectivity index (χ1v) is 7.46. The van der Waals surface area contributed by atoms with Crippen molar-refractivity contribution in [1.82, 2.24) is 4.90 Å². The normalized spacial score (nSPS) is 15.3. The zero-order valence-electron chi connectivity index (χ0n) is 12.1. The third-order valence-corrected chi connectivity index (χ3v) is 4.17. The largest absolute Gasteiger partial charge is 0.488 e. The molecule has 1 heterocycles. The molecule has 0 bridgehead atoms. The van der Waals surface area contributed by atoms with Crippen LogP contribution in [0.1, 0.15) is 16.7 Å². The number of fused-ring (bicyclic) bond motifs is 1. The number of hydrogen-bond acceptors (Lipinski definition) is 3. The van der Waals surface area contributed by atoms with Gasteiger partial charge in [0.05, 0.1) is 0 Å². The van der Waals surface area contributed by atoms with Crippen molar-refractivity contribution in [3.05, 3.63) is 65.2 Å². The Kier molecular flexibility index (Phi) is 4.39. The van der Waals surface area contributed by atoms with Crippen molar-refractivity contribution in [3.63, 3.8) is 0 Å². The van der Waals surface area contributed by atoms with Gasteiger partial charge in [0.2, 0.25) is 0 Å². The van der Waals surface area contributed by atoms with Gasteiger partial charge in [-0.2, -0.15) is 0 Å². The van der Waals surface area contributed by atoms with Crippen LogP contribution in [0.15, 0.2) is 48.5 Å². The Morgan fingerprint density at radius 2 is 1.57 bits per heavy atom. The van der Waals surface area contributed by atoms with Gasteiger partial charge in [-0.25, -0.2) is 0 Å². The van der Waals surface area contributed by atoms with E-state index in [-0.39, 0.29) is 0 Å². The summed E-state index contributed by atoms with van der Waals surface area (Å²) in [5.41, 5.74) is 4.61. The lowest BCUT2D eigenvalue weighted by atomic mass is 9.79. The minimum Gasteiger partial charge on any atom is -0.423 e. The van der Waals surface area contributed by atoms with Crippen LogP contribution < -0.4 is 5.46 Å². The smallest absolute Gasteiger partial charge is 0.423 e. The van der Waals surface area contributed by atoms with E-state index < -0.39 is 7.12 Å². The Morgan fingerprint density at radius 1 is 0.905 bits per heavy atom. The third kappa shape index (κ3) is 3.53. The zero-order valence-corrected chi connectivity index (χ0v) is 12.1. The lowest BCUT2D eigenvalue weighted by molar-refractivity contribution is 0.279. The van der Waals surface area contributed by atoms with E-state index in [1.54, 1.807) is 6.07 Å². The number of benzene rings is 2. The minimum atomic E-state index is -1.39. The number of hydrogen-bond donors (Lipinski definition) is 2. The fourth-order valence-electron chi connectivity index (χ4n) is 2.98. The molecule has 108 valence electrons. The van der Waals surface area contributed by atoms with E-state index in [1.807, 2.05) is 18.2 Å². The highest BCUT2D eigenvalue weighted by atomic mass is 16.4. The molecule has 1 aliphatic heterocycles. The van der Waals surface area contributed by atoms with Crippen LogP contribution >= 0.6 is 0 Å². The second kappa shape index (κ2) is 6.44. The van der Waals surface area contributed by atoms with E-state index in [9.17, 15) is 10.0 Å². The van der Waals surface area contributed by atoms with E-state index in [4.69, 9.17) is 0 Å². The van der Waals surface area contributed by atoms with Gasteiger partial charge in [-0.05, 0) is 35.0 Å². The van der Waals surface area contributed by atoms with Crippen LogP contribution in [-0.4, -0.2) is 35.2 Å². The highest BCUT2D eigenvalue weighted by Crippen LogP contribution is 2.16. The van der Waals surface area contributed by atoms with Gasteiger partial charge in [0.25, 0.3) is 0 Å². The molecule has 3 nitrogen and oxygen atoms in total. The Labute approximate surface area is 126 Å². The van der Waals surface area contributed by atoms with Crippen molar-refractivity contribution in [1.29, 1.82) is 0 Å². The predicted octanol–water partition coefficient (Wildman–Crippen LogP) is 0.967. The lowest BCUT2D eigenvalue weighted by Gasteiger charge is -2.20. The van der Waals surface area contributed by atoms with Crippen molar-refractivity contribution < 1.29 is 10.0 Å². The van der Waals surface area contributed by atoms with E-state index >= 15 is 0 Å². The highest BCUT2D eigenvalue weighted by molar-refractivity contribution is 6.58. The Balaban J connectivity index is 1.68. The molecule has 0 atom stereocenters. The topological polar surface area (TPSA) is 43.7 Å². The summed E-state index contributed by atoms with van der Waals surface area (Å²) in [5.74, 6) is 0. The van der Waals surface area contributed by atoms with Gasteiger partial charge in [-0.15, -0.1) is 0 Å². The van der Waals surface area contributed by atoms with Gasteiger partial charge in [-0.3, -0.25) is 4.90 Å². The molecule has 4 heteroatoms. The quantitative estimate of drug-likeness (QED) is 0.824. The van der Waals surface area contributed by atoms with Crippen LogP contribution in [0.3, 0.4) is 0 Å². The fraction of sp³-hybridized carbons (Fsp3) is 0.294. The molecule has 0 aliphatic carbocycles. The van der Waals surface area contributed by atoms with Crippen LogP contribution in [0.25, 0.3) is 0 Å². The van der Waals surface area contributed by atoms with Gasteiger partial charge >= 0.3 is 7.12 Å². The van der Waals surface area contributed by atoms with Gasteiger partial charge in [-0.1, -0.05) is 48.5 Å². The van der Waals surface area contributed by atoms with Crippen molar-refractivity contribution >= 4 is 12.6 Å². The van der Waals surface area contributed by atoms with Gasteiger partial charge < -0.3 is 10.0 Å². The molecule has 0 aromatic heterocycles. The third-order valence-electron chi connectivity index (χ3n) is 4.17. The molecule has 0 amide bonds. The van der Waals surface area contributed by atoms with E-state index in [1.165, 1.54) is 11.1 Å². The van der Waals surface area contributed by atoms with Gasteiger partial charge in [0.1, 0.15) is 0 Å². The van der Waals surface area contributed by atoms with E-state index in [0.29, 0.717) is 5.46 Å². The average Bonchev–Trinajstić information content (AvgIpc) is 2.70. The summed E-state index contributed by atoms with van der Waals surface area (Å²) in [6.07, 6.45) is 2.16. The maximum atomic E-state index is 9.26. The van der Waals surface area contributed by atoms with Crippen molar-refractivity contribution in [2.75, 3.05) is 13.1 Å². The summed E-state index contributed by atoms with van der Waals surface area (Å²) in [6.45, 7) is 2.94. The molecule has 1 aliphatic rings. The molecule has 0 unspecified atom stereocenters. The van der Waals surface area contributed by atoms with E-state index in [0.717, 1.165) is 38.0 Å². The summed E-state index contributed by atoms with van der Waals surface area (Å²) >= 11 is 0. The van der Waals surface area contributed by atoms with Crippen LogP contribution in [-0.2, 0) is 19.4 Å². The maximum absolute atomic E-state index is 9.26. The molecule has 0 saturated heterocycles. The Bertz CT molecular complexity index is 588. The minimum absolute atomic E-state index is 0.561. The summed E-state index contributed by atoms with van der Waals surface area (Å²) < 4.78 is 0. The van der Waals surface area contributed by atoms with Crippen molar-refractivity contribution in [3.8, 4) is 0 Å². The maximum Gasteiger partial charge on any atom is 0.488 e. The molecule has 2 aromatic carbocycles. The molecule has 0 spiro atoms. The monoisotopic (exact) mass is 281 g/mol. The summed E-state index contributed by atoms with van der Waals surface area (Å²) in [5, 5.41) is 18.5. The second-order valence-corrected chi connectivity index (χ2v) is 5.66. The first kappa shape index (κ1) is 14.3. The molecular weight excluding hydrogens is 261 g/mol. The molecule has 0 radical (unpaired) electrons. The second-order valence-electron chi connectivity index (χ2n) is 5.66. The SMILES string of the molecule is OB(O)c1cccc(CN2CCc3ccccc3CC2)c1. The summed E-state index contributed by atoms with van der Waals surface area (Å²) in [4.78, 5) is 2.43. The molecular formula is C17H20BNO2. The van der Waals surface area contributed by atoms with Crippen LogP contribution in [0.4, 0.5) is 0 Å². The van der Waals surface area contributed by atoms with Crippen molar-refractivity contribution in [2.45, 2.75) is 19.4 Å². The van der Waals surface area contributed by atoms with Gasteiger partial charge in [0, 0.05) is 19.6 Å². The van der Waals surface area contributed by atoms with Crippen LogP contribution in [0, 0.1) is 0 Å².